The Morgan fingerprint density at radius 3 is 2.57 bits per heavy atom. The first kappa shape index (κ1) is 31.9. The van der Waals surface area contributed by atoms with Crippen LogP contribution >= 0.6 is 13.5 Å². The minimum atomic E-state index is -1.15. The van der Waals surface area contributed by atoms with Gasteiger partial charge in [-0.2, -0.15) is 13.5 Å². The quantitative estimate of drug-likeness (QED) is 0.329. The van der Waals surface area contributed by atoms with Crippen LogP contribution < -0.4 is 20.1 Å². The molecule has 0 saturated carbocycles. The van der Waals surface area contributed by atoms with E-state index in [9.17, 15) is 24.3 Å². The van der Waals surface area contributed by atoms with Gasteiger partial charge in [-0.15, -0.1) is 0 Å². The van der Waals surface area contributed by atoms with Gasteiger partial charge in [-0.05, 0) is 50.4 Å². The molecule has 1 saturated heterocycles. The third kappa shape index (κ3) is 5.41. The van der Waals surface area contributed by atoms with Gasteiger partial charge in [0.25, 0.3) is 0 Å². The molecule has 0 aromatic heterocycles. The van der Waals surface area contributed by atoms with E-state index in [0.29, 0.717) is 6.04 Å². The molecule has 0 radical (unpaired) electrons. The molecule has 2 bridgehead atoms. The SMILES string of the molecule is COc1ccc2c3c1O[C@H]1[C@@H](CC(=O)CCC(NC(C)=O)C(=O)NC(C(=O)O)C(C)C)C=CC4[C@@H](C2)N(C)CC[C@@]341.S. The monoisotopic (exact) mass is 601 g/mol. The van der Waals surface area contributed by atoms with Crippen molar-refractivity contribution >= 4 is 37.1 Å². The lowest BCUT2D eigenvalue weighted by molar-refractivity contribution is -0.143. The minimum Gasteiger partial charge on any atom is -0.493 e. The number of carboxylic acids is 1. The summed E-state index contributed by atoms with van der Waals surface area (Å²) in [7, 11) is 3.84. The Bertz CT molecular complexity index is 1280. The lowest BCUT2D eigenvalue weighted by atomic mass is 9.52. The molecule has 2 heterocycles. The number of benzene rings is 1. The summed E-state index contributed by atoms with van der Waals surface area (Å²) in [6.45, 7) is 5.63. The zero-order valence-corrected chi connectivity index (χ0v) is 25.9. The maximum atomic E-state index is 13.4. The first-order chi connectivity index (χ1) is 19.5. The average Bonchev–Trinajstić information content (AvgIpc) is 3.27. The summed E-state index contributed by atoms with van der Waals surface area (Å²) < 4.78 is 12.4. The highest BCUT2D eigenvalue weighted by molar-refractivity contribution is 7.59. The second kappa shape index (κ2) is 12.3. The fourth-order valence-electron chi connectivity index (χ4n) is 7.64. The molecule has 2 aliphatic carbocycles. The van der Waals surface area contributed by atoms with Gasteiger partial charge in [-0.1, -0.05) is 32.1 Å². The van der Waals surface area contributed by atoms with E-state index in [4.69, 9.17) is 9.47 Å². The topological polar surface area (TPSA) is 134 Å². The minimum absolute atomic E-state index is 0. The molecule has 7 atom stereocenters. The number of ether oxygens (including phenoxy) is 2. The molecular formula is C31H43N3O7S. The Kier molecular flexibility index (Phi) is 9.32. The zero-order valence-electron chi connectivity index (χ0n) is 24.9. The van der Waals surface area contributed by atoms with Gasteiger partial charge in [0.15, 0.2) is 11.5 Å². The second-order valence-corrected chi connectivity index (χ2v) is 12.4. The molecule has 1 aromatic carbocycles. The number of carbonyl (C=O) groups excluding carboxylic acids is 3. The van der Waals surface area contributed by atoms with E-state index >= 15 is 0 Å². The highest BCUT2D eigenvalue weighted by Crippen LogP contribution is 2.63. The van der Waals surface area contributed by atoms with E-state index in [-0.39, 0.29) is 67.8 Å². The van der Waals surface area contributed by atoms with Crippen molar-refractivity contribution < 1.29 is 33.8 Å². The standard InChI is InChI=1S/C31H41N3O7.H2S/c1-16(2)26(30(38)39)33-29(37)22(32-17(3)35)10-8-20(36)14-19-6-9-21-23-15-18-7-11-24(40-5)27-25(18)31(21,28(19)41-27)12-13-34(23)4;/h6-7,9,11,16,19,21-23,26,28H,8,10,12-15H2,1-5H3,(H,32,35)(H,33,37)(H,38,39);1H2/t19-,21?,22?,23-,26?,28+,31+;/m1./s1. The van der Waals surface area contributed by atoms with Crippen LogP contribution in [0.25, 0.3) is 0 Å². The van der Waals surface area contributed by atoms with E-state index in [0.717, 1.165) is 30.9 Å². The molecule has 230 valence electrons. The van der Waals surface area contributed by atoms with Gasteiger partial charge < -0.3 is 30.1 Å². The van der Waals surface area contributed by atoms with Crippen molar-refractivity contribution in [2.24, 2.45) is 17.8 Å². The van der Waals surface area contributed by atoms with Crippen molar-refractivity contribution in [3.05, 3.63) is 35.4 Å². The lowest BCUT2D eigenvalue weighted by Crippen LogP contribution is -2.64. The number of carbonyl (C=O) groups is 4. The summed E-state index contributed by atoms with van der Waals surface area (Å²) in [5, 5.41) is 14.6. The van der Waals surface area contributed by atoms with Crippen LogP contribution in [0.2, 0.25) is 0 Å². The molecule has 2 amide bonds. The predicted molar refractivity (Wildman–Crippen MR) is 161 cm³/mol. The van der Waals surface area contributed by atoms with Gasteiger partial charge >= 0.3 is 5.97 Å². The average molecular weight is 602 g/mol. The third-order valence-corrected chi connectivity index (χ3v) is 9.58. The lowest BCUT2D eigenvalue weighted by Gasteiger charge is -2.57. The van der Waals surface area contributed by atoms with Crippen LogP contribution in [-0.4, -0.2) is 78.5 Å². The number of piperidine rings is 1. The molecule has 5 rings (SSSR count). The van der Waals surface area contributed by atoms with Crippen molar-refractivity contribution in [3.63, 3.8) is 0 Å². The van der Waals surface area contributed by atoms with Crippen molar-refractivity contribution in [3.8, 4) is 11.5 Å². The summed E-state index contributed by atoms with van der Waals surface area (Å²) in [6.07, 6.45) is 6.52. The highest BCUT2D eigenvalue weighted by Gasteiger charge is 2.64. The summed E-state index contributed by atoms with van der Waals surface area (Å²) in [4.78, 5) is 52.1. The number of amides is 2. The Hall–Kier alpha value is -3.05. The Labute approximate surface area is 254 Å². The first-order valence-electron chi connectivity index (χ1n) is 14.6. The largest absolute Gasteiger partial charge is 0.493 e. The first-order valence-corrected chi connectivity index (χ1v) is 14.6. The summed E-state index contributed by atoms with van der Waals surface area (Å²) in [5.74, 6) is -0.889. The van der Waals surface area contributed by atoms with Gasteiger partial charge in [0.2, 0.25) is 11.8 Å². The summed E-state index contributed by atoms with van der Waals surface area (Å²) in [6, 6.07) is 2.41. The van der Waals surface area contributed by atoms with Crippen molar-refractivity contribution in [2.75, 3.05) is 20.7 Å². The molecule has 42 heavy (non-hydrogen) atoms. The van der Waals surface area contributed by atoms with Gasteiger partial charge in [0.1, 0.15) is 24.0 Å². The summed E-state index contributed by atoms with van der Waals surface area (Å²) >= 11 is 0. The molecule has 4 aliphatic rings. The fraction of sp³-hybridized carbons (Fsp3) is 0.613. The van der Waals surface area contributed by atoms with Crippen molar-refractivity contribution in [2.45, 2.75) is 82.5 Å². The van der Waals surface area contributed by atoms with E-state index in [1.165, 1.54) is 18.1 Å². The normalized spacial score (nSPS) is 28.0. The number of nitrogens with zero attached hydrogens (tertiary/aromatic N) is 1. The number of aliphatic carboxylic acids is 1. The predicted octanol–water partition coefficient (Wildman–Crippen LogP) is 2.34. The second-order valence-electron chi connectivity index (χ2n) is 12.4. The number of hydrogen-bond donors (Lipinski definition) is 3. The van der Waals surface area contributed by atoms with Crippen LogP contribution in [0, 0.1) is 17.8 Å². The molecule has 1 spiro atoms. The van der Waals surface area contributed by atoms with Crippen LogP contribution in [-0.2, 0) is 31.0 Å². The Balaban J connectivity index is 0.00000405. The summed E-state index contributed by atoms with van der Waals surface area (Å²) in [5.41, 5.74) is 2.33. The van der Waals surface area contributed by atoms with Crippen molar-refractivity contribution in [1.82, 2.24) is 15.5 Å². The van der Waals surface area contributed by atoms with Gasteiger partial charge in [0, 0.05) is 48.6 Å². The van der Waals surface area contributed by atoms with E-state index in [1.54, 1.807) is 21.0 Å². The van der Waals surface area contributed by atoms with Gasteiger partial charge in [-0.3, -0.25) is 14.4 Å². The van der Waals surface area contributed by atoms with Gasteiger partial charge in [-0.25, -0.2) is 4.79 Å². The van der Waals surface area contributed by atoms with Crippen LogP contribution in [0.1, 0.15) is 57.6 Å². The van der Waals surface area contributed by atoms with Crippen LogP contribution in [0.15, 0.2) is 24.3 Å². The highest BCUT2D eigenvalue weighted by atomic mass is 32.1. The number of methoxy groups -OCH3 is 1. The maximum absolute atomic E-state index is 13.4. The molecule has 3 N–H and O–H groups in total. The third-order valence-electron chi connectivity index (χ3n) is 9.58. The van der Waals surface area contributed by atoms with E-state index in [1.807, 2.05) is 6.07 Å². The molecule has 1 fully saturated rings. The number of likely N-dealkylation sites (tertiary alicyclic amines) is 1. The van der Waals surface area contributed by atoms with Crippen LogP contribution in [0.4, 0.5) is 0 Å². The number of carboxylic acid groups (broad SMARTS) is 1. The zero-order chi connectivity index (χ0) is 29.6. The van der Waals surface area contributed by atoms with E-state index in [2.05, 4.69) is 40.8 Å². The molecule has 3 unspecified atom stereocenters. The number of hydrogen-bond acceptors (Lipinski definition) is 7. The van der Waals surface area contributed by atoms with Crippen LogP contribution in [0.5, 0.6) is 11.5 Å². The Morgan fingerprint density at radius 1 is 1.19 bits per heavy atom. The van der Waals surface area contributed by atoms with Crippen molar-refractivity contribution in [1.29, 1.82) is 0 Å². The molecule has 1 aromatic rings. The molecule has 10 nitrogen and oxygen atoms in total. The fourth-order valence-corrected chi connectivity index (χ4v) is 7.64. The molecule has 2 aliphatic heterocycles. The van der Waals surface area contributed by atoms with Gasteiger partial charge in [0.05, 0.1) is 7.11 Å². The van der Waals surface area contributed by atoms with Crippen LogP contribution in [0.3, 0.4) is 0 Å². The number of Topliss-reactive ketones (excluding diaryl/α,β-unsaturated/α-hetero) is 1. The number of likely N-dealkylation sites (N-methyl/N-ethyl adjacent to an activating group) is 1. The maximum Gasteiger partial charge on any atom is 0.326 e. The number of rotatable bonds is 11. The smallest absolute Gasteiger partial charge is 0.326 e. The molecular weight excluding hydrogens is 558 g/mol. The van der Waals surface area contributed by atoms with E-state index < -0.39 is 29.9 Å². The number of nitrogens with one attached hydrogen (secondary N) is 2. The number of ketones is 1. The Morgan fingerprint density at radius 2 is 1.93 bits per heavy atom. The molecule has 11 heteroatoms.